The van der Waals surface area contributed by atoms with Crippen LogP contribution >= 0.6 is 15.9 Å². The topological polar surface area (TPSA) is 22.4 Å². The van der Waals surface area contributed by atoms with Crippen LogP contribution in [0.25, 0.3) is 11.3 Å². The minimum absolute atomic E-state index is 0.0139. The van der Waals surface area contributed by atoms with Crippen LogP contribution < -0.4 is 4.74 Å². The second-order valence-electron chi connectivity index (χ2n) is 3.64. The number of alkyl halides is 3. The summed E-state index contributed by atoms with van der Waals surface area (Å²) < 4.78 is 59.7. The maximum absolute atomic E-state index is 13.5. The van der Waals surface area contributed by atoms with Crippen molar-refractivity contribution in [1.82, 2.24) is 0 Å². The van der Waals surface area contributed by atoms with Gasteiger partial charge in [-0.25, -0.2) is 4.39 Å². The highest BCUT2D eigenvalue weighted by Gasteiger charge is 2.29. The summed E-state index contributed by atoms with van der Waals surface area (Å²) in [6, 6.07) is 5.24. The van der Waals surface area contributed by atoms with Crippen molar-refractivity contribution in [3.63, 3.8) is 0 Å². The van der Waals surface area contributed by atoms with E-state index in [1.165, 1.54) is 12.3 Å². The van der Waals surface area contributed by atoms with Crippen LogP contribution in [-0.4, -0.2) is 12.8 Å². The fraction of sp³-hybridized carbons (Fsp3) is 0.167. The SMILES string of the molecule is Fc1cc(-c2ccco2)c(OCC(F)(F)F)cc1Br. The molecule has 7 heteroatoms. The molecule has 0 atom stereocenters. The lowest BCUT2D eigenvalue weighted by Gasteiger charge is -2.13. The lowest BCUT2D eigenvalue weighted by Crippen LogP contribution is -2.19. The highest BCUT2D eigenvalue weighted by molar-refractivity contribution is 9.10. The van der Waals surface area contributed by atoms with Crippen LogP contribution in [0.15, 0.2) is 39.4 Å². The smallest absolute Gasteiger partial charge is 0.422 e. The molecule has 0 amide bonds. The molecule has 2 rings (SSSR count). The molecule has 0 spiro atoms. The van der Waals surface area contributed by atoms with E-state index in [9.17, 15) is 17.6 Å². The maximum Gasteiger partial charge on any atom is 0.422 e. The predicted octanol–water partition coefficient (Wildman–Crippen LogP) is 4.79. The summed E-state index contributed by atoms with van der Waals surface area (Å²) in [4.78, 5) is 0. The number of ether oxygens (including phenoxy) is 1. The number of hydrogen-bond acceptors (Lipinski definition) is 2. The highest BCUT2D eigenvalue weighted by atomic mass is 79.9. The first-order chi connectivity index (χ1) is 8.87. The van der Waals surface area contributed by atoms with E-state index in [2.05, 4.69) is 20.7 Å². The molecule has 0 aliphatic carbocycles. The van der Waals surface area contributed by atoms with Gasteiger partial charge in [0.05, 0.1) is 16.3 Å². The number of hydrogen-bond donors (Lipinski definition) is 0. The Morgan fingerprint density at radius 2 is 2.00 bits per heavy atom. The second kappa shape index (κ2) is 5.24. The zero-order valence-corrected chi connectivity index (χ0v) is 10.9. The van der Waals surface area contributed by atoms with Crippen LogP contribution in [-0.2, 0) is 0 Å². The van der Waals surface area contributed by atoms with Crippen molar-refractivity contribution in [3.8, 4) is 17.1 Å². The van der Waals surface area contributed by atoms with Crippen LogP contribution in [0, 0.1) is 5.82 Å². The summed E-state index contributed by atoms with van der Waals surface area (Å²) in [5.41, 5.74) is 0.120. The molecule has 0 bridgehead atoms. The zero-order chi connectivity index (χ0) is 14.0. The first kappa shape index (κ1) is 13.9. The predicted molar refractivity (Wildman–Crippen MR) is 63.4 cm³/mol. The Morgan fingerprint density at radius 3 is 2.58 bits per heavy atom. The molecule has 0 saturated heterocycles. The van der Waals surface area contributed by atoms with Gasteiger partial charge >= 0.3 is 6.18 Å². The summed E-state index contributed by atoms with van der Waals surface area (Å²) in [6.45, 7) is -1.46. The van der Waals surface area contributed by atoms with Crippen LogP contribution in [0.4, 0.5) is 17.6 Å². The van der Waals surface area contributed by atoms with Gasteiger partial charge in [0.2, 0.25) is 0 Å². The third-order valence-electron chi connectivity index (χ3n) is 2.20. The van der Waals surface area contributed by atoms with Crippen molar-refractivity contribution in [3.05, 3.63) is 40.8 Å². The number of furan rings is 1. The highest BCUT2D eigenvalue weighted by Crippen LogP contribution is 2.35. The van der Waals surface area contributed by atoms with Crippen molar-refractivity contribution in [1.29, 1.82) is 0 Å². The molecule has 0 aliphatic heterocycles. The summed E-state index contributed by atoms with van der Waals surface area (Å²) >= 11 is 2.90. The molecule has 0 fully saturated rings. The zero-order valence-electron chi connectivity index (χ0n) is 9.30. The quantitative estimate of drug-likeness (QED) is 0.751. The van der Waals surface area contributed by atoms with Gasteiger partial charge in [0, 0.05) is 0 Å². The molecule has 1 heterocycles. The Balaban J connectivity index is 2.38. The van der Waals surface area contributed by atoms with E-state index in [0.717, 1.165) is 12.1 Å². The lowest BCUT2D eigenvalue weighted by atomic mass is 10.1. The fourth-order valence-electron chi connectivity index (χ4n) is 1.43. The molecule has 0 saturated carbocycles. The van der Waals surface area contributed by atoms with Gasteiger partial charge in [0.25, 0.3) is 0 Å². The molecular weight excluding hydrogens is 332 g/mol. The van der Waals surface area contributed by atoms with E-state index in [4.69, 9.17) is 4.42 Å². The van der Waals surface area contributed by atoms with Crippen LogP contribution in [0.5, 0.6) is 5.75 Å². The molecular formula is C12H7BrF4O2. The first-order valence-electron chi connectivity index (χ1n) is 5.09. The Bertz CT molecular complexity index is 564. The van der Waals surface area contributed by atoms with Gasteiger partial charge in [-0.3, -0.25) is 0 Å². The Morgan fingerprint density at radius 1 is 1.26 bits per heavy atom. The Labute approximate surface area is 114 Å². The van der Waals surface area contributed by atoms with Crippen molar-refractivity contribution >= 4 is 15.9 Å². The normalized spacial score (nSPS) is 11.6. The van der Waals surface area contributed by atoms with Gasteiger partial charge in [-0.1, -0.05) is 0 Å². The van der Waals surface area contributed by atoms with Gasteiger partial charge < -0.3 is 9.15 Å². The molecule has 0 N–H and O–H groups in total. The summed E-state index contributed by atoms with van der Waals surface area (Å²) in [6.07, 6.45) is -3.13. The maximum atomic E-state index is 13.5. The van der Waals surface area contributed by atoms with E-state index in [1.807, 2.05) is 0 Å². The number of rotatable bonds is 3. The Kier molecular flexibility index (Phi) is 3.84. The lowest BCUT2D eigenvalue weighted by molar-refractivity contribution is -0.153. The average Bonchev–Trinajstić information content (AvgIpc) is 2.82. The van der Waals surface area contributed by atoms with Crippen LogP contribution in [0.2, 0.25) is 0 Å². The van der Waals surface area contributed by atoms with E-state index in [0.29, 0.717) is 0 Å². The van der Waals surface area contributed by atoms with Gasteiger partial charge in [-0.2, -0.15) is 13.2 Å². The molecule has 1 aromatic carbocycles. The van der Waals surface area contributed by atoms with Crippen LogP contribution in [0.1, 0.15) is 0 Å². The molecule has 1 aromatic heterocycles. The standard InChI is InChI=1S/C12H7BrF4O2/c13-8-5-11(19-6-12(15,16)17)7(4-9(8)14)10-2-1-3-18-10/h1-5H,6H2. The molecule has 2 aromatic rings. The molecule has 0 unspecified atom stereocenters. The monoisotopic (exact) mass is 338 g/mol. The van der Waals surface area contributed by atoms with Crippen LogP contribution in [0.3, 0.4) is 0 Å². The van der Waals surface area contributed by atoms with E-state index >= 15 is 0 Å². The van der Waals surface area contributed by atoms with Gasteiger partial charge in [-0.15, -0.1) is 0 Å². The molecule has 2 nitrogen and oxygen atoms in total. The van der Waals surface area contributed by atoms with E-state index in [-0.39, 0.29) is 21.5 Å². The van der Waals surface area contributed by atoms with Gasteiger partial charge in [-0.05, 0) is 40.2 Å². The van der Waals surface area contributed by atoms with Crippen molar-refractivity contribution in [2.45, 2.75) is 6.18 Å². The summed E-state index contributed by atoms with van der Waals surface area (Å²) in [5.74, 6) is -0.505. The van der Waals surface area contributed by atoms with Crippen molar-refractivity contribution < 1.29 is 26.7 Å². The first-order valence-corrected chi connectivity index (χ1v) is 5.88. The van der Waals surface area contributed by atoms with Crippen molar-refractivity contribution in [2.24, 2.45) is 0 Å². The van der Waals surface area contributed by atoms with Gasteiger partial charge in [0.1, 0.15) is 17.3 Å². The van der Waals surface area contributed by atoms with Gasteiger partial charge in [0.15, 0.2) is 6.61 Å². The largest absolute Gasteiger partial charge is 0.483 e. The molecule has 102 valence electrons. The molecule has 0 aliphatic rings. The van der Waals surface area contributed by atoms with E-state index < -0.39 is 18.6 Å². The van der Waals surface area contributed by atoms with E-state index in [1.54, 1.807) is 6.07 Å². The number of halogens is 5. The Hall–Kier alpha value is -1.50. The minimum atomic E-state index is -4.47. The third-order valence-corrected chi connectivity index (χ3v) is 2.81. The molecule has 0 radical (unpaired) electrons. The second-order valence-corrected chi connectivity index (χ2v) is 4.50. The number of benzene rings is 1. The average molecular weight is 339 g/mol. The molecule has 19 heavy (non-hydrogen) atoms. The fourth-order valence-corrected chi connectivity index (χ4v) is 1.75. The third kappa shape index (κ3) is 3.50. The summed E-state index contributed by atoms with van der Waals surface area (Å²) in [5, 5.41) is 0. The summed E-state index contributed by atoms with van der Waals surface area (Å²) in [7, 11) is 0. The minimum Gasteiger partial charge on any atom is -0.483 e. The van der Waals surface area contributed by atoms with Crippen molar-refractivity contribution in [2.75, 3.05) is 6.61 Å².